The van der Waals surface area contributed by atoms with Crippen molar-refractivity contribution in [1.82, 2.24) is 10.6 Å². The SMILES string of the molecule is C[C@H](N[C@H](C=O)Cc1ccccc1)C(=O)NC(=O)Cc1cc(F)cc(F)c1. The number of imide groups is 1. The molecule has 0 aliphatic rings. The lowest BCUT2D eigenvalue weighted by Crippen LogP contribution is -2.49. The molecule has 0 heterocycles. The first-order chi connectivity index (χ1) is 12.9. The number of nitrogens with one attached hydrogen (secondary N) is 2. The van der Waals surface area contributed by atoms with E-state index < -0.39 is 35.5 Å². The monoisotopic (exact) mass is 374 g/mol. The molecule has 7 heteroatoms. The number of carbonyl (C=O) groups is 3. The van der Waals surface area contributed by atoms with Gasteiger partial charge in [-0.25, -0.2) is 8.78 Å². The molecule has 0 fully saturated rings. The van der Waals surface area contributed by atoms with Crippen LogP contribution < -0.4 is 10.6 Å². The van der Waals surface area contributed by atoms with Gasteiger partial charge >= 0.3 is 0 Å². The Kier molecular flexibility index (Phi) is 7.31. The minimum Gasteiger partial charge on any atom is -0.302 e. The Morgan fingerprint density at radius 1 is 1.04 bits per heavy atom. The summed E-state index contributed by atoms with van der Waals surface area (Å²) in [7, 11) is 0. The van der Waals surface area contributed by atoms with E-state index in [1.807, 2.05) is 30.3 Å². The van der Waals surface area contributed by atoms with E-state index in [0.717, 1.165) is 17.7 Å². The normalized spacial score (nSPS) is 12.9. The molecule has 2 rings (SSSR count). The maximum atomic E-state index is 13.1. The third kappa shape index (κ3) is 6.71. The van der Waals surface area contributed by atoms with E-state index in [1.165, 1.54) is 6.92 Å². The van der Waals surface area contributed by atoms with Crippen molar-refractivity contribution in [3.8, 4) is 0 Å². The molecule has 0 bridgehead atoms. The molecule has 0 aromatic heterocycles. The topological polar surface area (TPSA) is 75.3 Å². The van der Waals surface area contributed by atoms with Gasteiger partial charge in [0.25, 0.3) is 0 Å². The zero-order valence-corrected chi connectivity index (χ0v) is 14.7. The number of benzene rings is 2. The minimum atomic E-state index is -0.808. The number of amides is 2. The molecular weight excluding hydrogens is 354 g/mol. The molecule has 0 spiro atoms. The second-order valence-corrected chi connectivity index (χ2v) is 6.19. The molecule has 2 amide bonds. The van der Waals surface area contributed by atoms with Crippen molar-refractivity contribution < 1.29 is 23.2 Å². The molecule has 2 aromatic rings. The zero-order chi connectivity index (χ0) is 19.8. The molecule has 142 valence electrons. The number of hydrogen-bond donors (Lipinski definition) is 2. The van der Waals surface area contributed by atoms with Crippen LogP contribution in [0.4, 0.5) is 8.78 Å². The maximum absolute atomic E-state index is 13.1. The summed E-state index contributed by atoms with van der Waals surface area (Å²) in [5.74, 6) is -2.91. The van der Waals surface area contributed by atoms with Gasteiger partial charge in [0.1, 0.15) is 17.9 Å². The third-order valence-corrected chi connectivity index (χ3v) is 3.87. The molecule has 2 N–H and O–H groups in total. The van der Waals surface area contributed by atoms with Crippen LogP contribution in [0.3, 0.4) is 0 Å². The Labute approximate surface area is 155 Å². The highest BCUT2D eigenvalue weighted by Crippen LogP contribution is 2.08. The van der Waals surface area contributed by atoms with Crippen LogP contribution in [0.15, 0.2) is 48.5 Å². The van der Waals surface area contributed by atoms with Crippen LogP contribution in [-0.2, 0) is 27.2 Å². The van der Waals surface area contributed by atoms with E-state index in [4.69, 9.17) is 0 Å². The van der Waals surface area contributed by atoms with E-state index in [0.29, 0.717) is 18.8 Å². The van der Waals surface area contributed by atoms with Crippen LogP contribution in [0.5, 0.6) is 0 Å². The fourth-order valence-electron chi connectivity index (χ4n) is 2.60. The molecule has 5 nitrogen and oxygen atoms in total. The Bertz CT molecular complexity index is 792. The van der Waals surface area contributed by atoms with E-state index in [-0.39, 0.29) is 12.0 Å². The summed E-state index contributed by atoms with van der Waals surface area (Å²) >= 11 is 0. The van der Waals surface area contributed by atoms with Crippen LogP contribution in [0, 0.1) is 11.6 Å². The molecule has 0 aliphatic heterocycles. The summed E-state index contributed by atoms with van der Waals surface area (Å²) in [5, 5.41) is 5.01. The summed E-state index contributed by atoms with van der Waals surface area (Å²) in [4.78, 5) is 35.3. The molecule has 0 saturated carbocycles. The van der Waals surface area contributed by atoms with Gasteiger partial charge in [0.2, 0.25) is 11.8 Å². The van der Waals surface area contributed by atoms with Gasteiger partial charge in [-0.1, -0.05) is 30.3 Å². The lowest BCUT2D eigenvalue weighted by atomic mass is 10.1. The van der Waals surface area contributed by atoms with E-state index in [1.54, 1.807) is 0 Å². The number of carbonyl (C=O) groups excluding carboxylic acids is 3. The first-order valence-electron chi connectivity index (χ1n) is 8.41. The van der Waals surface area contributed by atoms with E-state index >= 15 is 0 Å². The highest BCUT2D eigenvalue weighted by atomic mass is 19.1. The Morgan fingerprint density at radius 3 is 2.26 bits per heavy atom. The zero-order valence-electron chi connectivity index (χ0n) is 14.7. The molecule has 0 unspecified atom stereocenters. The average Bonchev–Trinajstić information content (AvgIpc) is 2.60. The van der Waals surface area contributed by atoms with Gasteiger partial charge in [-0.2, -0.15) is 0 Å². The first kappa shape index (κ1) is 20.4. The fourth-order valence-corrected chi connectivity index (χ4v) is 2.60. The van der Waals surface area contributed by atoms with Crippen LogP contribution in [-0.4, -0.2) is 30.2 Å². The Morgan fingerprint density at radius 2 is 1.67 bits per heavy atom. The lowest BCUT2D eigenvalue weighted by molar-refractivity contribution is -0.131. The van der Waals surface area contributed by atoms with Crippen molar-refractivity contribution in [1.29, 1.82) is 0 Å². The number of hydrogen-bond acceptors (Lipinski definition) is 4. The molecule has 2 aromatic carbocycles. The third-order valence-electron chi connectivity index (χ3n) is 3.87. The van der Waals surface area contributed by atoms with Crippen molar-refractivity contribution in [3.05, 3.63) is 71.3 Å². The summed E-state index contributed by atoms with van der Waals surface area (Å²) in [6.07, 6.45) is 0.765. The highest BCUT2D eigenvalue weighted by Gasteiger charge is 2.20. The van der Waals surface area contributed by atoms with Crippen molar-refractivity contribution in [2.45, 2.75) is 31.8 Å². The number of rotatable bonds is 8. The van der Waals surface area contributed by atoms with Crippen LogP contribution >= 0.6 is 0 Å². The van der Waals surface area contributed by atoms with Gasteiger partial charge in [0, 0.05) is 6.07 Å². The standard InChI is InChI=1S/C20H20F2N2O3/c1-13(23-18(12-25)9-14-5-3-2-4-6-14)20(27)24-19(26)10-15-7-16(21)11-17(22)8-15/h2-8,11-13,18,23H,9-10H2,1H3,(H,24,26,27)/t13-,18-/m0/s1. The quantitative estimate of drug-likeness (QED) is 0.693. The van der Waals surface area contributed by atoms with E-state index in [2.05, 4.69) is 10.6 Å². The Balaban J connectivity index is 1.88. The van der Waals surface area contributed by atoms with Gasteiger partial charge in [-0.05, 0) is 36.6 Å². The second-order valence-electron chi connectivity index (χ2n) is 6.19. The van der Waals surface area contributed by atoms with Crippen LogP contribution in [0.1, 0.15) is 18.1 Å². The number of halogens is 2. The van der Waals surface area contributed by atoms with Gasteiger partial charge in [0.15, 0.2) is 0 Å². The maximum Gasteiger partial charge on any atom is 0.243 e. The lowest BCUT2D eigenvalue weighted by Gasteiger charge is -2.18. The van der Waals surface area contributed by atoms with Gasteiger partial charge in [-0.15, -0.1) is 0 Å². The molecule has 27 heavy (non-hydrogen) atoms. The first-order valence-corrected chi connectivity index (χ1v) is 8.41. The smallest absolute Gasteiger partial charge is 0.243 e. The van der Waals surface area contributed by atoms with Gasteiger partial charge < -0.3 is 4.79 Å². The van der Waals surface area contributed by atoms with Crippen molar-refractivity contribution in [2.75, 3.05) is 0 Å². The van der Waals surface area contributed by atoms with Crippen LogP contribution in [0.25, 0.3) is 0 Å². The van der Waals surface area contributed by atoms with Crippen molar-refractivity contribution in [2.24, 2.45) is 0 Å². The van der Waals surface area contributed by atoms with Crippen molar-refractivity contribution >= 4 is 18.1 Å². The summed E-state index contributed by atoms with van der Waals surface area (Å²) < 4.78 is 26.3. The molecule has 0 radical (unpaired) electrons. The van der Waals surface area contributed by atoms with Crippen molar-refractivity contribution in [3.63, 3.8) is 0 Å². The predicted molar refractivity (Wildman–Crippen MR) is 95.8 cm³/mol. The largest absolute Gasteiger partial charge is 0.302 e. The average molecular weight is 374 g/mol. The molecule has 0 aliphatic carbocycles. The summed E-state index contributed by atoms with van der Waals surface area (Å²) in [6, 6.07) is 10.6. The Hall–Kier alpha value is -2.93. The minimum absolute atomic E-state index is 0.119. The number of aldehydes is 1. The molecular formula is C20H20F2N2O3. The molecule has 2 atom stereocenters. The van der Waals surface area contributed by atoms with E-state index in [9.17, 15) is 23.2 Å². The van der Waals surface area contributed by atoms with Crippen LogP contribution in [0.2, 0.25) is 0 Å². The van der Waals surface area contributed by atoms with Gasteiger partial charge in [0.05, 0.1) is 18.5 Å². The fraction of sp³-hybridized carbons (Fsp3) is 0.250. The predicted octanol–water partition coefficient (Wildman–Crippen LogP) is 1.94. The highest BCUT2D eigenvalue weighted by molar-refractivity contribution is 5.98. The van der Waals surface area contributed by atoms with Gasteiger partial charge in [-0.3, -0.25) is 20.2 Å². The summed E-state index contributed by atoms with van der Waals surface area (Å²) in [5.41, 5.74) is 1.05. The summed E-state index contributed by atoms with van der Waals surface area (Å²) in [6.45, 7) is 1.52. The second kappa shape index (κ2) is 9.68. The molecule has 0 saturated heterocycles.